The summed E-state index contributed by atoms with van der Waals surface area (Å²) in [6, 6.07) is 6.07. The van der Waals surface area contributed by atoms with Crippen LogP contribution in [0.2, 0.25) is 0 Å². The number of aldehydes is 1. The standard InChI is InChI=1S/C13H7F4NO2/c14-9-5-8(7-19)12(18-6-9)10-3-1-2-4-11(10)20-13(15,16)17/h1-7H. The van der Waals surface area contributed by atoms with Crippen LogP contribution in [0.4, 0.5) is 17.6 Å². The molecule has 0 aliphatic heterocycles. The van der Waals surface area contributed by atoms with Crippen LogP contribution in [-0.2, 0) is 0 Å². The fourth-order valence-electron chi connectivity index (χ4n) is 1.65. The van der Waals surface area contributed by atoms with Gasteiger partial charge in [0.25, 0.3) is 0 Å². The number of ether oxygens (including phenoxy) is 1. The first-order chi connectivity index (χ1) is 9.40. The van der Waals surface area contributed by atoms with Gasteiger partial charge in [-0.3, -0.25) is 9.78 Å². The Kier molecular flexibility index (Phi) is 3.69. The van der Waals surface area contributed by atoms with Crippen LogP contribution in [0.5, 0.6) is 5.75 Å². The largest absolute Gasteiger partial charge is 0.573 e. The average molecular weight is 285 g/mol. The fourth-order valence-corrected chi connectivity index (χ4v) is 1.65. The summed E-state index contributed by atoms with van der Waals surface area (Å²) < 4.78 is 53.8. The van der Waals surface area contributed by atoms with E-state index in [1.54, 1.807) is 0 Å². The summed E-state index contributed by atoms with van der Waals surface area (Å²) in [6.07, 6.45) is -3.75. The summed E-state index contributed by atoms with van der Waals surface area (Å²) in [5, 5.41) is 0. The van der Waals surface area contributed by atoms with Crippen molar-refractivity contribution >= 4 is 6.29 Å². The summed E-state index contributed by atoms with van der Waals surface area (Å²) in [5.41, 5.74) is -0.295. The molecule has 2 aromatic rings. The summed E-state index contributed by atoms with van der Waals surface area (Å²) >= 11 is 0. The first-order valence-electron chi connectivity index (χ1n) is 5.36. The molecule has 0 unspecified atom stereocenters. The van der Waals surface area contributed by atoms with E-state index in [0.717, 1.165) is 18.3 Å². The minimum Gasteiger partial charge on any atom is -0.405 e. The SMILES string of the molecule is O=Cc1cc(F)cnc1-c1ccccc1OC(F)(F)F. The number of para-hydroxylation sites is 1. The average Bonchev–Trinajstić information content (AvgIpc) is 2.38. The fraction of sp³-hybridized carbons (Fsp3) is 0.0769. The summed E-state index contributed by atoms with van der Waals surface area (Å²) in [6.45, 7) is 0. The van der Waals surface area contributed by atoms with Crippen molar-refractivity contribution in [3.05, 3.63) is 47.9 Å². The molecule has 3 nitrogen and oxygen atoms in total. The highest BCUT2D eigenvalue weighted by atomic mass is 19.4. The van der Waals surface area contributed by atoms with Gasteiger partial charge in [0, 0.05) is 11.1 Å². The quantitative estimate of drug-likeness (QED) is 0.639. The molecule has 0 atom stereocenters. The monoisotopic (exact) mass is 285 g/mol. The Morgan fingerprint density at radius 3 is 2.55 bits per heavy atom. The van der Waals surface area contributed by atoms with Crippen molar-refractivity contribution in [3.8, 4) is 17.0 Å². The number of carbonyl (C=O) groups excluding carboxylic acids is 1. The lowest BCUT2D eigenvalue weighted by Gasteiger charge is -2.13. The van der Waals surface area contributed by atoms with Crippen LogP contribution in [0.25, 0.3) is 11.3 Å². The van der Waals surface area contributed by atoms with Crippen molar-refractivity contribution in [2.45, 2.75) is 6.36 Å². The van der Waals surface area contributed by atoms with Gasteiger partial charge >= 0.3 is 6.36 Å². The highest BCUT2D eigenvalue weighted by molar-refractivity contribution is 5.87. The Morgan fingerprint density at radius 1 is 1.20 bits per heavy atom. The van der Waals surface area contributed by atoms with Crippen molar-refractivity contribution in [2.24, 2.45) is 0 Å². The van der Waals surface area contributed by atoms with Crippen LogP contribution in [0.15, 0.2) is 36.5 Å². The van der Waals surface area contributed by atoms with Gasteiger partial charge in [0.15, 0.2) is 6.29 Å². The van der Waals surface area contributed by atoms with Crippen LogP contribution in [0.3, 0.4) is 0 Å². The van der Waals surface area contributed by atoms with Gasteiger partial charge in [-0.15, -0.1) is 13.2 Å². The van der Waals surface area contributed by atoms with Gasteiger partial charge in [0.1, 0.15) is 11.6 Å². The number of rotatable bonds is 3. The Hall–Kier alpha value is -2.44. The number of hydrogen-bond acceptors (Lipinski definition) is 3. The number of carbonyl (C=O) groups is 1. The van der Waals surface area contributed by atoms with Crippen molar-refractivity contribution in [3.63, 3.8) is 0 Å². The number of pyridine rings is 1. The zero-order valence-corrected chi connectivity index (χ0v) is 9.82. The molecule has 104 valence electrons. The van der Waals surface area contributed by atoms with E-state index in [1.807, 2.05) is 0 Å². The maximum atomic E-state index is 13.0. The molecule has 20 heavy (non-hydrogen) atoms. The van der Waals surface area contributed by atoms with Crippen LogP contribution < -0.4 is 4.74 Å². The Labute approximate surface area is 110 Å². The first-order valence-corrected chi connectivity index (χ1v) is 5.36. The molecule has 0 aliphatic carbocycles. The smallest absolute Gasteiger partial charge is 0.405 e. The van der Waals surface area contributed by atoms with Crippen LogP contribution in [-0.4, -0.2) is 17.6 Å². The molecule has 1 aromatic carbocycles. The number of halogens is 4. The topological polar surface area (TPSA) is 39.2 Å². The molecule has 0 amide bonds. The third-order valence-electron chi connectivity index (χ3n) is 2.38. The Morgan fingerprint density at radius 2 is 1.90 bits per heavy atom. The molecule has 0 fully saturated rings. The van der Waals surface area contributed by atoms with Crippen molar-refractivity contribution in [1.82, 2.24) is 4.98 Å². The molecular formula is C13H7F4NO2. The van der Waals surface area contributed by atoms with Gasteiger partial charge < -0.3 is 4.74 Å². The summed E-state index contributed by atoms with van der Waals surface area (Å²) in [7, 11) is 0. The lowest BCUT2D eigenvalue weighted by molar-refractivity contribution is -0.274. The minimum absolute atomic E-state index is 0.0491. The maximum absolute atomic E-state index is 13.0. The normalized spacial score (nSPS) is 11.2. The molecule has 1 aromatic heterocycles. The van der Waals surface area contributed by atoms with E-state index < -0.39 is 17.9 Å². The Bertz CT molecular complexity index is 641. The van der Waals surface area contributed by atoms with Gasteiger partial charge in [-0.05, 0) is 18.2 Å². The van der Waals surface area contributed by atoms with E-state index in [4.69, 9.17) is 0 Å². The minimum atomic E-state index is -4.88. The molecule has 0 spiro atoms. The van der Waals surface area contributed by atoms with E-state index in [2.05, 4.69) is 9.72 Å². The number of alkyl halides is 3. The van der Waals surface area contributed by atoms with Gasteiger partial charge in [0.2, 0.25) is 0 Å². The van der Waals surface area contributed by atoms with Crippen molar-refractivity contribution in [1.29, 1.82) is 0 Å². The highest BCUT2D eigenvalue weighted by Gasteiger charge is 2.32. The summed E-state index contributed by atoms with van der Waals surface area (Å²) in [5.74, 6) is -1.27. The van der Waals surface area contributed by atoms with E-state index in [1.165, 1.54) is 18.2 Å². The number of hydrogen-bond donors (Lipinski definition) is 0. The zero-order valence-electron chi connectivity index (χ0n) is 9.82. The molecule has 1 heterocycles. The molecular weight excluding hydrogens is 278 g/mol. The number of benzene rings is 1. The molecule has 0 radical (unpaired) electrons. The second kappa shape index (κ2) is 5.28. The lowest BCUT2D eigenvalue weighted by Crippen LogP contribution is -2.17. The molecule has 2 rings (SSSR count). The van der Waals surface area contributed by atoms with E-state index in [-0.39, 0.29) is 16.8 Å². The maximum Gasteiger partial charge on any atom is 0.573 e. The third-order valence-corrected chi connectivity index (χ3v) is 2.38. The van der Waals surface area contributed by atoms with Gasteiger partial charge in [-0.25, -0.2) is 4.39 Å². The van der Waals surface area contributed by atoms with Crippen LogP contribution in [0, 0.1) is 5.82 Å². The van der Waals surface area contributed by atoms with E-state index in [9.17, 15) is 22.4 Å². The van der Waals surface area contributed by atoms with E-state index in [0.29, 0.717) is 6.29 Å². The number of nitrogens with zero attached hydrogens (tertiary/aromatic N) is 1. The van der Waals surface area contributed by atoms with Crippen LogP contribution >= 0.6 is 0 Å². The second-order valence-corrected chi connectivity index (χ2v) is 3.75. The molecule has 7 heteroatoms. The number of aromatic nitrogens is 1. The molecule has 0 aliphatic rings. The Balaban J connectivity index is 2.56. The lowest BCUT2D eigenvalue weighted by atomic mass is 10.1. The van der Waals surface area contributed by atoms with E-state index >= 15 is 0 Å². The highest BCUT2D eigenvalue weighted by Crippen LogP contribution is 2.33. The molecule has 0 bridgehead atoms. The first kappa shape index (κ1) is 14.0. The van der Waals surface area contributed by atoms with Gasteiger partial charge in [-0.2, -0.15) is 0 Å². The molecule has 0 saturated heterocycles. The van der Waals surface area contributed by atoms with Crippen LogP contribution in [0.1, 0.15) is 10.4 Å². The van der Waals surface area contributed by atoms with Crippen molar-refractivity contribution < 1.29 is 27.1 Å². The third kappa shape index (κ3) is 3.11. The second-order valence-electron chi connectivity index (χ2n) is 3.75. The summed E-state index contributed by atoms with van der Waals surface area (Å²) in [4.78, 5) is 14.5. The van der Waals surface area contributed by atoms with Gasteiger partial charge in [-0.1, -0.05) is 12.1 Å². The predicted octanol–water partition coefficient (Wildman–Crippen LogP) is 3.60. The zero-order chi connectivity index (χ0) is 14.8. The molecule has 0 saturated carbocycles. The predicted molar refractivity (Wildman–Crippen MR) is 61.7 cm³/mol. The molecule has 0 N–H and O–H groups in total. The van der Waals surface area contributed by atoms with Gasteiger partial charge in [0.05, 0.1) is 11.9 Å². The van der Waals surface area contributed by atoms with Crippen molar-refractivity contribution in [2.75, 3.05) is 0 Å².